The second-order valence-corrected chi connectivity index (χ2v) is 8.32. The Kier molecular flexibility index (Phi) is 5.23. The van der Waals surface area contributed by atoms with Crippen molar-refractivity contribution in [3.63, 3.8) is 0 Å². The number of likely N-dealkylation sites (N-methyl/N-ethyl adjacent to an activating group) is 2. The third-order valence-corrected chi connectivity index (χ3v) is 6.34. The number of fused-ring (bicyclic) bond motifs is 1. The van der Waals surface area contributed by atoms with Crippen LogP contribution in [0.4, 0.5) is 0 Å². The summed E-state index contributed by atoms with van der Waals surface area (Å²) in [4.78, 5) is 21.6. The second kappa shape index (κ2) is 7.79. The lowest BCUT2D eigenvalue weighted by Gasteiger charge is -2.35. The maximum absolute atomic E-state index is 13.0. The van der Waals surface area contributed by atoms with Crippen molar-refractivity contribution in [3.8, 4) is 11.1 Å². The molecule has 1 unspecified atom stereocenters. The summed E-state index contributed by atoms with van der Waals surface area (Å²) >= 11 is 1.64. The molecule has 1 aliphatic rings. The summed E-state index contributed by atoms with van der Waals surface area (Å²) < 4.78 is 1.18. The number of hydrogen-bond acceptors (Lipinski definition) is 4. The largest absolute Gasteiger partial charge is 0.340 e. The third-order valence-electron chi connectivity index (χ3n) is 5.53. The summed E-state index contributed by atoms with van der Waals surface area (Å²) in [6.07, 6.45) is 3.68. The number of nitrogens with zero attached hydrogens (tertiary/aromatic N) is 3. The molecule has 0 aliphatic carbocycles. The monoisotopic (exact) mass is 379 g/mol. The maximum Gasteiger partial charge on any atom is 0.253 e. The van der Waals surface area contributed by atoms with Crippen LogP contribution in [0.1, 0.15) is 29.6 Å². The summed E-state index contributed by atoms with van der Waals surface area (Å²) in [5.41, 5.74) is 5.77. The highest BCUT2D eigenvalue weighted by Gasteiger charge is 2.23. The normalized spacial score (nSPS) is 17.9. The van der Waals surface area contributed by atoms with Gasteiger partial charge in [0.05, 0.1) is 15.7 Å². The molecule has 0 radical (unpaired) electrons. The van der Waals surface area contributed by atoms with E-state index in [-0.39, 0.29) is 5.91 Å². The SMILES string of the molecule is CN(CC1CCCCN1C)C(=O)c1cccc(-c2ccc3scnc3c2)c1. The fourth-order valence-electron chi connectivity index (χ4n) is 3.86. The summed E-state index contributed by atoms with van der Waals surface area (Å²) in [6, 6.07) is 14.7. The second-order valence-electron chi connectivity index (χ2n) is 7.43. The molecule has 2 aromatic carbocycles. The molecule has 4 nitrogen and oxygen atoms in total. The molecule has 1 aromatic heterocycles. The molecule has 1 aliphatic heterocycles. The highest BCUT2D eigenvalue weighted by Crippen LogP contribution is 2.27. The van der Waals surface area contributed by atoms with Crippen LogP contribution in [0.2, 0.25) is 0 Å². The van der Waals surface area contributed by atoms with Gasteiger partial charge in [0, 0.05) is 25.2 Å². The van der Waals surface area contributed by atoms with Gasteiger partial charge in [-0.2, -0.15) is 0 Å². The first-order valence-corrected chi connectivity index (χ1v) is 10.4. The first-order chi connectivity index (χ1) is 13.1. The Morgan fingerprint density at radius 2 is 2.07 bits per heavy atom. The molecule has 3 aromatic rings. The van der Waals surface area contributed by atoms with E-state index in [1.165, 1.54) is 24.0 Å². The van der Waals surface area contributed by atoms with Gasteiger partial charge in [0.1, 0.15) is 0 Å². The zero-order chi connectivity index (χ0) is 18.8. The summed E-state index contributed by atoms with van der Waals surface area (Å²) in [5.74, 6) is 0.0885. The minimum absolute atomic E-state index is 0.0885. The number of hydrogen-bond donors (Lipinski definition) is 0. The van der Waals surface area contributed by atoms with Crippen LogP contribution in [0.5, 0.6) is 0 Å². The predicted octanol–water partition coefficient (Wildman–Crippen LogP) is 4.52. The summed E-state index contributed by atoms with van der Waals surface area (Å²) in [7, 11) is 4.08. The fourth-order valence-corrected chi connectivity index (χ4v) is 4.52. The molecule has 0 spiro atoms. The van der Waals surface area contributed by atoms with Crippen molar-refractivity contribution in [1.29, 1.82) is 0 Å². The van der Waals surface area contributed by atoms with E-state index in [2.05, 4.69) is 41.2 Å². The number of rotatable bonds is 4. The fraction of sp³-hybridized carbons (Fsp3) is 0.364. The van der Waals surface area contributed by atoms with Crippen LogP contribution >= 0.6 is 11.3 Å². The Bertz CT molecular complexity index is 951. The van der Waals surface area contributed by atoms with Crippen LogP contribution in [-0.4, -0.2) is 53.9 Å². The summed E-state index contributed by atoms with van der Waals surface area (Å²) in [5, 5.41) is 0. The van der Waals surface area contributed by atoms with Crippen molar-refractivity contribution in [2.45, 2.75) is 25.3 Å². The van der Waals surface area contributed by atoms with E-state index in [0.29, 0.717) is 6.04 Å². The average Bonchev–Trinajstić information content (AvgIpc) is 3.17. The Balaban J connectivity index is 1.53. The lowest BCUT2D eigenvalue weighted by atomic mass is 10.0. The number of aromatic nitrogens is 1. The first-order valence-electron chi connectivity index (χ1n) is 9.51. The van der Waals surface area contributed by atoms with Crippen LogP contribution in [0.25, 0.3) is 21.3 Å². The van der Waals surface area contributed by atoms with Crippen molar-refractivity contribution in [3.05, 3.63) is 53.5 Å². The van der Waals surface area contributed by atoms with E-state index < -0.39 is 0 Å². The van der Waals surface area contributed by atoms with E-state index in [9.17, 15) is 4.79 Å². The Morgan fingerprint density at radius 3 is 2.93 bits per heavy atom. The maximum atomic E-state index is 13.0. The van der Waals surface area contributed by atoms with Crippen LogP contribution in [0, 0.1) is 0 Å². The highest BCUT2D eigenvalue weighted by atomic mass is 32.1. The number of piperidine rings is 1. The molecule has 0 N–H and O–H groups in total. The van der Waals surface area contributed by atoms with E-state index in [1.807, 2.05) is 35.7 Å². The lowest BCUT2D eigenvalue weighted by molar-refractivity contribution is 0.0717. The zero-order valence-corrected chi connectivity index (χ0v) is 16.7. The molecule has 0 bridgehead atoms. The molecule has 140 valence electrons. The van der Waals surface area contributed by atoms with Crippen LogP contribution in [0.3, 0.4) is 0 Å². The molecule has 1 amide bonds. The van der Waals surface area contributed by atoms with Crippen LogP contribution in [0.15, 0.2) is 48.0 Å². The molecule has 5 heteroatoms. The van der Waals surface area contributed by atoms with E-state index >= 15 is 0 Å². The molecule has 27 heavy (non-hydrogen) atoms. The van der Waals surface area contributed by atoms with Gasteiger partial charge in [-0.1, -0.05) is 24.6 Å². The lowest BCUT2D eigenvalue weighted by Crippen LogP contribution is -2.45. The molecule has 1 saturated heterocycles. The Morgan fingerprint density at radius 1 is 1.22 bits per heavy atom. The van der Waals surface area contributed by atoms with E-state index in [0.717, 1.165) is 35.3 Å². The number of amides is 1. The van der Waals surface area contributed by atoms with Gasteiger partial charge < -0.3 is 9.80 Å². The topological polar surface area (TPSA) is 36.4 Å². The Hall–Kier alpha value is -2.24. The van der Waals surface area contributed by atoms with Gasteiger partial charge in [0.15, 0.2) is 0 Å². The van der Waals surface area contributed by atoms with E-state index in [1.54, 1.807) is 11.3 Å². The van der Waals surface area contributed by atoms with Gasteiger partial charge >= 0.3 is 0 Å². The molecule has 1 atom stereocenters. The molecular weight excluding hydrogens is 354 g/mol. The van der Waals surface area contributed by atoms with Crippen LogP contribution < -0.4 is 0 Å². The number of likely N-dealkylation sites (tertiary alicyclic amines) is 1. The molecule has 0 saturated carbocycles. The smallest absolute Gasteiger partial charge is 0.253 e. The molecule has 4 rings (SSSR count). The standard InChI is InChI=1S/C22H25N3OS/c1-24-11-4-3-8-19(24)14-25(2)22(26)18-7-5-6-16(12-18)17-9-10-21-20(13-17)23-15-27-21/h5-7,9-10,12-13,15,19H,3-4,8,11,14H2,1-2H3. The third kappa shape index (κ3) is 3.89. The minimum Gasteiger partial charge on any atom is -0.340 e. The van der Waals surface area contributed by atoms with Crippen molar-refractivity contribution in [1.82, 2.24) is 14.8 Å². The average molecular weight is 380 g/mol. The zero-order valence-electron chi connectivity index (χ0n) is 15.9. The Labute approximate surface area is 164 Å². The van der Waals surface area contributed by atoms with Crippen LogP contribution in [-0.2, 0) is 0 Å². The quantitative estimate of drug-likeness (QED) is 0.669. The molecule has 2 heterocycles. The van der Waals surface area contributed by atoms with Gasteiger partial charge in [0.25, 0.3) is 5.91 Å². The number of benzene rings is 2. The van der Waals surface area contributed by atoms with Gasteiger partial charge in [-0.15, -0.1) is 11.3 Å². The number of carbonyl (C=O) groups excluding carboxylic acids is 1. The first kappa shape index (κ1) is 18.1. The van der Waals surface area contributed by atoms with Gasteiger partial charge in [-0.25, -0.2) is 4.98 Å². The van der Waals surface area contributed by atoms with Gasteiger partial charge in [0.2, 0.25) is 0 Å². The highest BCUT2D eigenvalue weighted by molar-refractivity contribution is 7.16. The van der Waals surface area contributed by atoms with Gasteiger partial charge in [-0.3, -0.25) is 4.79 Å². The van der Waals surface area contributed by atoms with E-state index in [4.69, 9.17) is 0 Å². The summed E-state index contributed by atoms with van der Waals surface area (Å²) in [6.45, 7) is 1.91. The van der Waals surface area contributed by atoms with Crippen molar-refractivity contribution < 1.29 is 4.79 Å². The van der Waals surface area contributed by atoms with Gasteiger partial charge in [-0.05, 0) is 61.8 Å². The van der Waals surface area contributed by atoms with Crippen molar-refractivity contribution >= 4 is 27.5 Å². The van der Waals surface area contributed by atoms with Crippen molar-refractivity contribution in [2.24, 2.45) is 0 Å². The molecule has 1 fully saturated rings. The predicted molar refractivity (Wildman–Crippen MR) is 112 cm³/mol. The number of carbonyl (C=O) groups is 1. The number of thiazole rings is 1. The molecular formula is C22H25N3OS. The van der Waals surface area contributed by atoms with Crippen molar-refractivity contribution in [2.75, 3.05) is 27.2 Å². The minimum atomic E-state index is 0.0885.